The molecule has 0 aromatic carbocycles. The summed E-state index contributed by atoms with van der Waals surface area (Å²) in [6.07, 6.45) is 3.50. The molecular formula is C8H11N5O. The first kappa shape index (κ1) is 10.2. The van der Waals surface area contributed by atoms with Crippen molar-refractivity contribution < 1.29 is 4.79 Å². The molecule has 0 atom stereocenters. The van der Waals surface area contributed by atoms with Crippen LogP contribution in [-0.4, -0.2) is 27.9 Å². The van der Waals surface area contributed by atoms with Crippen molar-refractivity contribution in [1.29, 1.82) is 5.26 Å². The molecule has 0 aliphatic heterocycles. The fourth-order valence-electron chi connectivity index (χ4n) is 0.933. The van der Waals surface area contributed by atoms with Crippen LogP contribution in [-0.2, 0) is 0 Å². The van der Waals surface area contributed by atoms with Gasteiger partial charge in [0.2, 0.25) is 0 Å². The maximum atomic E-state index is 11.2. The first-order chi connectivity index (χ1) is 6.84. The van der Waals surface area contributed by atoms with Gasteiger partial charge in [0, 0.05) is 13.0 Å². The monoisotopic (exact) mass is 193 g/mol. The molecule has 14 heavy (non-hydrogen) atoms. The molecule has 0 unspecified atom stereocenters. The summed E-state index contributed by atoms with van der Waals surface area (Å²) in [7, 11) is 0. The Balaban J connectivity index is 2.14. The number of hydrogen-bond acceptors (Lipinski definition) is 4. The van der Waals surface area contributed by atoms with Crippen LogP contribution in [0.1, 0.15) is 29.8 Å². The smallest absolute Gasteiger partial charge is 0.273 e. The van der Waals surface area contributed by atoms with E-state index in [0.29, 0.717) is 13.0 Å². The lowest BCUT2D eigenvalue weighted by Crippen LogP contribution is -2.24. The number of carbonyl (C=O) groups is 1. The van der Waals surface area contributed by atoms with E-state index >= 15 is 0 Å². The molecule has 1 aromatic heterocycles. The normalized spacial score (nSPS) is 9.36. The van der Waals surface area contributed by atoms with E-state index in [9.17, 15) is 4.79 Å². The van der Waals surface area contributed by atoms with E-state index in [-0.39, 0.29) is 11.6 Å². The number of nitrogens with zero attached hydrogens (tertiary/aromatic N) is 3. The Bertz CT molecular complexity index is 313. The Morgan fingerprint density at radius 2 is 2.50 bits per heavy atom. The van der Waals surface area contributed by atoms with Crippen molar-refractivity contribution in [3.8, 4) is 6.07 Å². The molecule has 1 aromatic rings. The van der Waals surface area contributed by atoms with Gasteiger partial charge in [-0.25, -0.2) is 0 Å². The van der Waals surface area contributed by atoms with Crippen LogP contribution in [0.5, 0.6) is 0 Å². The molecule has 0 saturated carbocycles. The van der Waals surface area contributed by atoms with Gasteiger partial charge in [-0.3, -0.25) is 4.79 Å². The van der Waals surface area contributed by atoms with E-state index in [1.165, 1.54) is 6.20 Å². The summed E-state index contributed by atoms with van der Waals surface area (Å²) in [6, 6.07) is 2.04. The topological polar surface area (TPSA) is 94.5 Å². The van der Waals surface area contributed by atoms with E-state index < -0.39 is 0 Å². The van der Waals surface area contributed by atoms with E-state index in [1.807, 2.05) is 6.07 Å². The van der Waals surface area contributed by atoms with Gasteiger partial charge in [0.05, 0.1) is 12.3 Å². The average molecular weight is 193 g/mol. The maximum absolute atomic E-state index is 11.2. The van der Waals surface area contributed by atoms with Crippen molar-refractivity contribution in [2.45, 2.75) is 19.3 Å². The third kappa shape index (κ3) is 3.23. The van der Waals surface area contributed by atoms with Crippen molar-refractivity contribution in [3.05, 3.63) is 11.9 Å². The molecule has 0 bridgehead atoms. The quantitative estimate of drug-likeness (QED) is 0.654. The fraction of sp³-hybridized carbons (Fsp3) is 0.500. The number of amides is 1. The van der Waals surface area contributed by atoms with Crippen molar-refractivity contribution in [2.75, 3.05) is 6.54 Å². The Hall–Kier alpha value is -1.90. The molecule has 74 valence electrons. The van der Waals surface area contributed by atoms with Crippen LogP contribution in [0.3, 0.4) is 0 Å². The number of nitriles is 1. The Kier molecular flexibility index (Phi) is 4.14. The minimum Gasteiger partial charge on any atom is -0.351 e. The summed E-state index contributed by atoms with van der Waals surface area (Å²) in [5, 5.41) is 20.4. The van der Waals surface area contributed by atoms with E-state index in [4.69, 9.17) is 5.26 Å². The van der Waals surface area contributed by atoms with Gasteiger partial charge in [0.1, 0.15) is 0 Å². The summed E-state index contributed by atoms with van der Waals surface area (Å²) in [5.41, 5.74) is 0.283. The highest BCUT2D eigenvalue weighted by atomic mass is 16.1. The molecular weight excluding hydrogens is 182 g/mol. The molecule has 0 fully saturated rings. The van der Waals surface area contributed by atoms with Crippen molar-refractivity contribution in [3.63, 3.8) is 0 Å². The standard InChI is InChI=1S/C8H11N5O/c9-4-2-1-3-5-10-8(14)7-6-11-13-12-7/h6H,1-3,5H2,(H,10,14)(H,11,12,13). The Labute approximate surface area is 81.3 Å². The second-order valence-corrected chi connectivity index (χ2v) is 2.73. The Morgan fingerprint density at radius 1 is 1.64 bits per heavy atom. The molecule has 1 heterocycles. The summed E-state index contributed by atoms with van der Waals surface area (Å²) in [4.78, 5) is 11.2. The SMILES string of the molecule is N#CCCCCNC(=O)c1cn[nH]n1. The predicted octanol–water partition coefficient (Wildman–Crippen LogP) is 0.228. The van der Waals surface area contributed by atoms with Gasteiger partial charge >= 0.3 is 0 Å². The molecule has 0 aliphatic carbocycles. The molecule has 0 saturated heterocycles. The summed E-state index contributed by atoms with van der Waals surface area (Å²) < 4.78 is 0. The molecule has 1 amide bonds. The molecule has 0 spiro atoms. The predicted molar refractivity (Wildman–Crippen MR) is 48.2 cm³/mol. The lowest BCUT2D eigenvalue weighted by Gasteiger charge is -2.00. The summed E-state index contributed by atoms with van der Waals surface area (Å²) >= 11 is 0. The number of rotatable bonds is 5. The lowest BCUT2D eigenvalue weighted by molar-refractivity contribution is 0.0948. The minimum absolute atomic E-state index is 0.240. The van der Waals surface area contributed by atoms with Gasteiger partial charge in [-0.05, 0) is 12.8 Å². The van der Waals surface area contributed by atoms with Crippen molar-refractivity contribution in [1.82, 2.24) is 20.7 Å². The highest BCUT2D eigenvalue weighted by Crippen LogP contribution is 1.93. The largest absolute Gasteiger partial charge is 0.351 e. The molecule has 1 rings (SSSR count). The number of H-pyrrole nitrogens is 1. The summed E-state index contributed by atoms with van der Waals surface area (Å²) in [5.74, 6) is -0.240. The van der Waals surface area contributed by atoms with Crippen molar-refractivity contribution >= 4 is 5.91 Å². The van der Waals surface area contributed by atoms with Crippen LogP contribution in [0.25, 0.3) is 0 Å². The number of aromatic amines is 1. The number of unbranched alkanes of at least 4 members (excludes halogenated alkanes) is 2. The molecule has 0 radical (unpaired) electrons. The van der Waals surface area contributed by atoms with Crippen LogP contribution in [0, 0.1) is 11.3 Å². The first-order valence-electron chi connectivity index (χ1n) is 4.35. The number of hydrogen-bond donors (Lipinski definition) is 2. The number of aromatic nitrogens is 3. The van der Waals surface area contributed by atoms with E-state index in [1.54, 1.807) is 0 Å². The highest BCUT2D eigenvalue weighted by Gasteiger charge is 2.06. The zero-order chi connectivity index (χ0) is 10.2. The maximum Gasteiger partial charge on any atom is 0.273 e. The molecule has 2 N–H and O–H groups in total. The molecule has 0 aliphatic rings. The number of carbonyl (C=O) groups excluding carboxylic acids is 1. The first-order valence-corrected chi connectivity index (χ1v) is 4.35. The van der Waals surface area contributed by atoms with Crippen LogP contribution in [0.2, 0.25) is 0 Å². The van der Waals surface area contributed by atoms with Gasteiger partial charge in [0.25, 0.3) is 5.91 Å². The second-order valence-electron chi connectivity index (χ2n) is 2.73. The minimum atomic E-state index is -0.240. The van der Waals surface area contributed by atoms with Gasteiger partial charge in [-0.1, -0.05) is 0 Å². The molecule has 6 heteroatoms. The van der Waals surface area contributed by atoms with Crippen LogP contribution >= 0.6 is 0 Å². The van der Waals surface area contributed by atoms with E-state index in [2.05, 4.69) is 20.7 Å². The van der Waals surface area contributed by atoms with E-state index in [0.717, 1.165) is 12.8 Å². The Morgan fingerprint density at radius 3 is 3.14 bits per heavy atom. The van der Waals surface area contributed by atoms with Crippen LogP contribution in [0.4, 0.5) is 0 Å². The highest BCUT2D eigenvalue weighted by molar-refractivity contribution is 5.91. The average Bonchev–Trinajstić information content (AvgIpc) is 2.70. The third-order valence-electron chi connectivity index (χ3n) is 1.65. The summed E-state index contributed by atoms with van der Waals surface area (Å²) in [6.45, 7) is 0.563. The van der Waals surface area contributed by atoms with Gasteiger partial charge in [-0.2, -0.15) is 20.7 Å². The number of nitrogens with one attached hydrogen (secondary N) is 2. The fourth-order valence-corrected chi connectivity index (χ4v) is 0.933. The van der Waals surface area contributed by atoms with Crippen LogP contribution < -0.4 is 5.32 Å². The van der Waals surface area contributed by atoms with Gasteiger partial charge in [-0.15, -0.1) is 0 Å². The van der Waals surface area contributed by atoms with Gasteiger partial charge in [0.15, 0.2) is 5.69 Å². The van der Waals surface area contributed by atoms with Gasteiger partial charge < -0.3 is 5.32 Å². The molecule has 6 nitrogen and oxygen atoms in total. The zero-order valence-electron chi connectivity index (χ0n) is 7.66. The third-order valence-corrected chi connectivity index (χ3v) is 1.65. The van der Waals surface area contributed by atoms with Crippen LogP contribution in [0.15, 0.2) is 6.20 Å². The van der Waals surface area contributed by atoms with Crippen molar-refractivity contribution in [2.24, 2.45) is 0 Å². The lowest BCUT2D eigenvalue weighted by atomic mass is 10.2. The zero-order valence-corrected chi connectivity index (χ0v) is 7.66. The second kappa shape index (κ2) is 5.70.